The first-order valence-corrected chi connectivity index (χ1v) is 6.46. The van der Waals surface area contributed by atoms with Crippen LogP contribution in [0.2, 0.25) is 0 Å². The smallest absolute Gasteiger partial charge is 0.222 e. The third kappa shape index (κ3) is 5.45. The maximum Gasteiger partial charge on any atom is 0.222 e. The van der Waals surface area contributed by atoms with Crippen LogP contribution in [-0.2, 0) is 6.54 Å². The number of hydrogen-bond acceptors (Lipinski definition) is 4. The van der Waals surface area contributed by atoms with Gasteiger partial charge in [0, 0.05) is 37.1 Å². The molecule has 0 aliphatic rings. The summed E-state index contributed by atoms with van der Waals surface area (Å²) >= 11 is 0. The minimum absolute atomic E-state index is 0.111. The number of nitrogens with one attached hydrogen (secondary N) is 2. The van der Waals surface area contributed by atoms with Crippen molar-refractivity contribution in [2.75, 3.05) is 12.4 Å². The van der Waals surface area contributed by atoms with Crippen molar-refractivity contribution in [2.24, 2.45) is 5.41 Å². The Bertz CT molecular complexity index is 362. The van der Waals surface area contributed by atoms with Crippen LogP contribution >= 0.6 is 0 Å². The van der Waals surface area contributed by atoms with Gasteiger partial charge in [-0.3, -0.25) is 0 Å². The highest BCUT2D eigenvalue weighted by Crippen LogP contribution is 2.26. The molecule has 4 heteroatoms. The van der Waals surface area contributed by atoms with Gasteiger partial charge in [-0.2, -0.15) is 0 Å². The molecule has 1 heterocycles. The lowest BCUT2D eigenvalue weighted by atomic mass is 9.82. The highest BCUT2D eigenvalue weighted by atomic mass is 15.1. The topological polar surface area (TPSA) is 49.8 Å². The fourth-order valence-corrected chi connectivity index (χ4v) is 2.30. The Balaban J connectivity index is 2.53. The highest BCUT2D eigenvalue weighted by Gasteiger charge is 2.24. The predicted octanol–water partition coefficient (Wildman–Crippen LogP) is 2.82. The van der Waals surface area contributed by atoms with Gasteiger partial charge in [0.15, 0.2) is 0 Å². The molecule has 0 atom stereocenters. The molecule has 1 aromatic rings. The second-order valence-corrected chi connectivity index (χ2v) is 6.64. The molecule has 0 saturated heterocycles. The Morgan fingerprint density at radius 3 is 2.06 bits per heavy atom. The first kappa shape index (κ1) is 14.9. The summed E-state index contributed by atoms with van der Waals surface area (Å²) in [5, 5.41) is 6.48. The fourth-order valence-electron chi connectivity index (χ4n) is 2.30. The molecule has 102 valence electrons. The Kier molecular flexibility index (Phi) is 4.68. The predicted molar refractivity (Wildman–Crippen MR) is 76.6 cm³/mol. The summed E-state index contributed by atoms with van der Waals surface area (Å²) in [5.74, 6) is 0.660. The molecule has 0 unspecified atom stereocenters. The molecule has 1 rings (SSSR count). The van der Waals surface area contributed by atoms with Gasteiger partial charge in [0.25, 0.3) is 0 Å². The average molecular weight is 250 g/mol. The molecule has 0 aromatic carbocycles. The van der Waals surface area contributed by atoms with Crippen molar-refractivity contribution in [3.63, 3.8) is 0 Å². The van der Waals surface area contributed by atoms with E-state index in [9.17, 15) is 0 Å². The van der Waals surface area contributed by atoms with E-state index in [1.165, 1.54) is 0 Å². The van der Waals surface area contributed by atoms with E-state index < -0.39 is 0 Å². The van der Waals surface area contributed by atoms with Crippen LogP contribution in [0.5, 0.6) is 0 Å². The molecular formula is C14H26N4. The molecule has 0 bridgehead atoms. The fraction of sp³-hybridized carbons (Fsp3) is 0.714. The van der Waals surface area contributed by atoms with Gasteiger partial charge in [0.1, 0.15) is 0 Å². The molecule has 2 N–H and O–H groups in total. The van der Waals surface area contributed by atoms with Gasteiger partial charge in [0.05, 0.1) is 0 Å². The second kappa shape index (κ2) is 5.65. The summed E-state index contributed by atoms with van der Waals surface area (Å²) in [6.07, 6.45) is 4.84. The molecule has 0 aliphatic heterocycles. The van der Waals surface area contributed by atoms with E-state index in [-0.39, 0.29) is 5.54 Å². The van der Waals surface area contributed by atoms with Crippen LogP contribution in [-0.4, -0.2) is 22.6 Å². The zero-order valence-corrected chi connectivity index (χ0v) is 12.5. The summed E-state index contributed by atoms with van der Waals surface area (Å²) in [4.78, 5) is 8.42. The largest absolute Gasteiger partial charge is 0.357 e. The van der Waals surface area contributed by atoms with Crippen molar-refractivity contribution in [2.45, 2.75) is 53.1 Å². The van der Waals surface area contributed by atoms with Crippen molar-refractivity contribution in [1.29, 1.82) is 0 Å². The van der Waals surface area contributed by atoms with Crippen LogP contribution in [0.3, 0.4) is 0 Å². The normalized spacial score (nSPS) is 12.6. The van der Waals surface area contributed by atoms with Gasteiger partial charge in [-0.05, 0) is 25.7 Å². The van der Waals surface area contributed by atoms with E-state index in [0.717, 1.165) is 18.5 Å². The lowest BCUT2D eigenvalue weighted by Crippen LogP contribution is -2.41. The molecule has 0 radical (unpaired) electrons. The molecule has 4 nitrogen and oxygen atoms in total. The summed E-state index contributed by atoms with van der Waals surface area (Å²) in [5.41, 5.74) is 1.54. The summed E-state index contributed by atoms with van der Waals surface area (Å²) in [6.45, 7) is 12.1. The van der Waals surface area contributed by atoms with E-state index in [1.54, 1.807) is 0 Å². The highest BCUT2D eigenvalue weighted by molar-refractivity contribution is 5.23. The monoisotopic (exact) mass is 250 g/mol. The number of nitrogens with zero attached hydrogens (tertiary/aromatic N) is 2. The van der Waals surface area contributed by atoms with Gasteiger partial charge in [-0.15, -0.1) is 0 Å². The minimum Gasteiger partial charge on any atom is -0.357 e. The Morgan fingerprint density at radius 1 is 1.06 bits per heavy atom. The molecule has 0 amide bonds. The Labute approximate surface area is 111 Å². The molecule has 18 heavy (non-hydrogen) atoms. The van der Waals surface area contributed by atoms with Crippen molar-refractivity contribution in [3.05, 3.63) is 18.0 Å². The SMILES string of the molecule is CNc1ncc(CNC(C)(C)CC(C)(C)C)cn1. The van der Waals surface area contributed by atoms with Crippen LogP contribution in [0.4, 0.5) is 5.95 Å². The van der Waals surface area contributed by atoms with Gasteiger partial charge >= 0.3 is 0 Å². The van der Waals surface area contributed by atoms with E-state index in [4.69, 9.17) is 0 Å². The van der Waals surface area contributed by atoms with Crippen molar-refractivity contribution in [1.82, 2.24) is 15.3 Å². The lowest BCUT2D eigenvalue weighted by molar-refractivity contribution is 0.240. The van der Waals surface area contributed by atoms with Gasteiger partial charge in [-0.1, -0.05) is 20.8 Å². The maximum absolute atomic E-state index is 4.21. The lowest BCUT2D eigenvalue weighted by Gasteiger charge is -2.33. The third-order valence-corrected chi connectivity index (χ3v) is 2.67. The first-order valence-electron chi connectivity index (χ1n) is 6.46. The van der Waals surface area contributed by atoms with Gasteiger partial charge in [0.2, 0.25) is 5.95 Å². The zero-order valence-electron chi connectivity index (χ0n) is 12.5. The summed E-state index contributed by atoms with van der Waals surface area (Å²) < 4.78 is 0. The van der Waals surface area contributed by atoms with Crippen LogP contribution in [0.25, 0.3) is 0 Å². The van der Waals surface area contributed by atoms with Gasteiger partial charge in [-0.25, -0.2) is 9.97 Å². The van der Waals surface area contributed by atoms with Gasteiger partial charge < -0.3 is 10.6 Å². The van der Waals surface area contributed by atoms with Crippen molar-refractivity contribution >= 4 is 5.95 Å². The zero-order chi connectivity index (χ0) is 13.8. The van der Waals surface area contributed by atoms with Crippen molar-refractivity contribution < 1.29 is 0 Å². The molecule has 1 aromatic heterocycles. The minimum atomic E-state index is 0.111. The number of hydrogen-bond donors (Lipinski definition) is 2. The van der Waals surface area contributed by atoms with E-state index in [0.29, 0.717) is 11.4 Å². The van der Waals surface area contributed by atoms with E-state index in [1.807, 2.05) is 19.4 Å². The van der Waals surface area contributed by atoms with Crippen molar-refractivity contribution in [3.8, 4) is 0 Å². The molecule has 0 saturated carbocycles. The summed E-state index contributed by atoms with van der Waals surface area (Å²) in [7, 11) is 1.82. The quantitative estimate of drug-likeness (QED) is 0.843. The molecule has 0 aliphatic carbocycles. The van der Waals surface area contributed by atoms with E-state index >= 15 is 0 Å². The third-order valence-electron chi connectivity index (χ3n) is 2.67. The average Bonchev–Trinajstić information content (AvgIpc) is 2.24. The summed E-state index contributed by atoms with van der Waals surface area (Å²) in [6, 6.07) is 0. The van der Waals surface area contributed by atoms with E-state index in [2.05, 4.69) is 55.2 Å². The molecular weight excluding hydrogens is 224 g/mol. The molecule has 0 fully saturated rings. The first-order chi connectivity index (χ1) is 8.22. The Morgan fingerprint density at radius 2 is 1.61 bits per heavy atom. The number of aromatic nitrogens is 2. The molecule has 0 spiro atoms. The Hall–Kier alpha value is -1.16. The maximum atomic E-state index is 4.21. The standard InChI is InChI=1S/C14H26N4/c1-13(2,3)10-14(4,5)18-9-11-7-16-12(15-6)17-8-11/h7-8,18H,9-10H2,1-6H3,(H,15,16,17). The van der Waals surface area contributed by atoms with Crippen LogP contribution in [0, 0.1) is 5.41 Å². The van der Waals surface area contributed by atoms with Crippen LogP contribution in [0.1, 0.15) is 46.6 Å². The second-order valence-electron chi connectivity index (χ2n) is 6.64. The number of anilines is 1. The van der Waals surface area contributed by atoms with Crippen LogP contribution in [0.15, 0.2) is 12.4 Å². The van der Waals surface area contributed by atoms with Crippen LogP contribution < -0.4 is 10.6 Å². The number of rotatable bonds is 5.